The summed E-state index contributed by atoms with van der Waals surface area (Å²) in [6.45, 7) is 0.552. The van der Waals surface area contributed by atoms with Crippen LogP contribution in [-0.2, 0) is 4.74 Å². The lowest BCUT2D eigenvalue weighted by Crippen LogP contribution is -2.07. The first-order valence-electron chi connectivity index (χ1n) is 6.34. The van der Waals surface area contributed by atoms with E-state index in [9.17, 15) is 4.79 Å². The Morgan fingerprint density at radius 2 is 1.95 bits per heavy atom. The Balaban J connectivity index is 1.96. The Labute approximate surface area is 116 Å². The van der Waals surface area contributed by atoms with Crippen molar-refractivity contribution in [1.29, 1.82) is 0 Å². The molecule has 0 N–H and O–H groups in total. The molecule has 4 nitrogen and oxygen atoms in total. The van der Waals surface area contributed by atoms with E-state index in [2.05, 4.69) is 0 Å². The van der Waals surface area contributed by atoms with Gasteiger partial charge < -0.3 is 14.2 Å². The van der Waals surface area contributed by atoms with E-state index < -0.39 is 0 Å². The maximum absolute atomic E-state index is 12.5. The number of carbonyl (C=O) groups is 1. The van der Waals surface area contributed by atoms with Crippen LogP contribution in [0.2, 0.25) is 0 Å². The molecule has 0 aromatic heterocycles. The highest BCUT2D eigenvalue weighted by atomic mass is 16.8. The molecule has 1 aliphatic heterocycles. The van der Waals surface area contributed by atoms with E-state index in [-0.39, 0.29) is 12.1 Å². The second kappa shape index (κ2) is 5.35. The van der Waals surface area contributed by atoms with Gasteiger partial charge in [0.05, 0.1) is 12.7 Å². The molecular weight excluding hydrogens is 256 g/mol. The normalized spacial score (nSPS) is 16.6. The van der Waals surface area contributed by atoms with Crippen molar-refractivity contribution in [2.24, 2.45) is 0 Å². The van der Waals surface area contributed by atoms with Gasteiger partial charge in [0.1, 0.15) is 18.1 Å². The van der Waals surface area contributed by atoms with E-state index in [0.29, 0.717) is 29.2 Å². The molecule has 0 amide bonds. The van der Waals surface area contributed by atoms with Gasteiger partial charge in [-0.25, -0.2) is 0 Å². The quantitative estimate of drug-likeness (QED) is 0.619. The summed E-state index contributed by atoms with van der Waals surface area (Å²) in [4.78, 5) is 12.5. The van der Waals surface area contributed by atoms with E-state index in [1.807, 2.05) is 18.2 Å². The summed E-state index contributed by atoms with van der Waals surface area (Å²) in [5.41, 5.74) is 1.13. The fourth-order valence-corrected chi connectivity index (χ4v) is 1.91. The maximum Gasteiger partial charge on any atom is 0.223 e. The average molecular weight is 270 g/mol. The SMILES string of the molecule is COc1ccc(C(=O)c2ccccc2)c(OC2CO2)c1. The average Bonchev–Trinajstić information content (AvgIpc) is 3.31. The summed E-state index contributed by atoms with van der Waals surface area (Å²) in [5.74, 6) is 1.05. The number of hydrogen-bond acceptors (Lipinski definition) is 4. The van der Waals surface area contributed by atoms with E-state index >= 15 is 0 Å². The summed E-state index contributed by atoms with van der Waals surface area (Å²) in [6, 6.07) is 14.3. The molecular formula is C16H14O4. The van der Waals surface area contributed by atoms with Crippen LogP contribution in [-0.4, -0.2) is 25.8 Å². The number of hydrogen-bond donors (Lipinski definition) is 0. The molecule has 0 radical (unpaired) electrons. The van der Waals surface area contributed by atoms with Crippen molar-refractivity contribution < 1.29 is 19.0 Å². The van der Waals surface area contributed by atoms with Gasteiger partial charge in [-0.2, -0.15) is 0 Å². The Hall–Kier alpha value is -2.33. The minimum Gasteiger partial charge on any atom is -0.497 e. The van der Waals surface area contributed by atoms with Gasteiger partial charge in [-0.15, -0.1) is 0 Å². The first kappa shape index (κ1) is 12.7. The van der Waals surface area contributed by atoms with Gasteiger partial charge in [0.2, 0.25) is 6.29 Å². The van der Waals surface area contributed by atoms with E-state index in [4.69, 9.17) is 14.2 Å². The largest absolute Gasteiger partial charge is 0.497 e. The van der Waals surface area contributed by atoms with E-state index in [1.54, 1.807) is 37.4 Å². The first-order chi connectivity index (χ1) is 9.78. The highest BCUT2D eigenvalue weighted by Crippen LogP contribution is 2.29. The molecule has 0 saturated carbocycles. The van der Waals surface area contributed by atoms with Crippen LogP contribution < -0.4 is 9.47 Å². The predicted molar refractivity (Wildman–Crippen MR) is 73.2 cm³/mol. The van der Waals surface area contributed by atoms with Gasteiger partial charge in [-0.1, -0.05) is 30.3 Å². The molecule has 1 fully saturated rings. The van der Waals surface area contributed by atoms with E-state index in [0.717, 1.165) is 0 Å². The molecule has 1 heterocycles. The zero-order valence-corrected chi connectivity index (χ0v) is 11.0. The second-order valence-electron chi connectivity index (χ2n) is 4.44. The Morgan fingerprint density at radius 1 is 1.20 bits per heavy atom. The molecule has 102 valence electrons. The number of methoxy groups -OCH3 is 1. The van der Waals surface area contributed by atoms with Crippen LogP contribution in [0.5, 0.6) is 11.5 Å². The number of carbonyl (C=O) groups excluding carboxylic acids is 1. The fourth-order valence-electron chi connectivity index (χ4n) is 1.91. The van der Waals surface area contributed by atoms with Gasteiger partial charge in [0.15, 0.2) is 5.78 Å². The smallest absolute Gasteiger partial charge is 0.223 e. The topological polar surface area (TPSA) is 48.1 Å². The van der Waals surface area contributed by atoms with Crippen LogP contribution >= 0.6 is 0 Å². The lowest BCUT2D eigenvalue weighted by Gasteiger charge is -2.11. The molecule has 0 aliphatic carbocycles. The third-order valence-corrected chi connectivity index (χ3v) is 3.03. The molecule has 1 unspecified atom stereocenters. The van der Waals surface area contributed by atoms with Crippen LogP contribution in [0.25, 0.3) is 0 Å². The third kappa shape index (κ3) is 2.65. The Kier molecular flexibility index (Phi) is 3.39. The van der Waals surface area contributed by atoms with Crippen molar-refractivity contribution in [3.63, 3.8) is 0 Å². The summed E-state index contributed by atoms with van der Waals surface area (Å²) in [5, 5.41) is 0. The fraction of sp³-hybridized carbons (Fsp3) is 0.188. The number of epoxide rings is 1. The molecule has 0 spiro atoms. The monoisotopic (exact) mass is 270 g/mol. The van der Waals surface area contributed by atoms with Gasteiger partial charge in [0, 0.05) is 11.6 Å². The van der Waals surface area contributed by atoms with Crippen LogP contribution in [0, 0.1) is 0 Å². The van der Waals surface area contributed by atoms with E-state index in [1.165, 1.54) is 0 Å². The standard InChI is InChI=1S/C16H14O4/c1-18-12-7-8-13(14(9-12)20-15-10-19-15)16(17)11-5-3-2-4-6-11/h2-9,15H,10H2,1H3. The van der Waals surface area contributed by atoms with Gasteiger partial charge in [0.25, 0.3) is 0 Å². The lowest BCUT2D eigenvalue weighted by molar-refractivity contribution is 0.103. The number of ketones is 1. The van der Waals surface area contributed by atoms with Crippen molar-refractivity contribution >= 4 is 5.78 Å². The molecule has 2 aromatic carbocycles. The highest BCUT2D eigenvalue weighted by molar-refractivity contribution is 6.10. The zero-order valence-electron chi connectivity index (χ0n) is 11.0. The van der Waals surface area contributed by atoms with Crippen molar-refractivity contribution in [3.8, 4) is 11.5 Å². The summed E-state index contributed by atoms with van der Waals surface area (Å²) in [7, 11) is 1.57. The summed E-state index contributed by atoms with van der Waals surface area (Å²) >= 11 is 0. The predicted octanol–water partition coefficient (Wildman–Crippen LogP) is 2.66. The highest BCUT2D eigenvalue weighted by Gasteiger charge is 2.27. The van der Waals surface area contributed by atoms with Gasteiger partial charge >= 0.3 is 0 Å². The minimum absolute atomic E-state index is 0.0797. The number of ether oxygens (including phenoxy) is 3. The molecule has 1 saturated heterocycles. The van der Waals surface area contributed by atoms with Crippen LogP contribution in [0.3, 0.4) is 0 Å². The van der Waals surface area contributed by atoms with Crippen molar-refractivity contribution in [3.05, 3.63) is 59.7 Å². The summed E-state index contributed by atoms with van der Waals surface area (Å²) < 4.78 is 15.8. The van der Waals surface area contributed by atoms with Crippen molar-refractivity contribution in [1.82, 2.24) is 0 Å². The molecule has 0 bridgehead atoms. The van der Waals surface area contributed by atoms with Crippen LogP contribution in [0.4, 0.5) is 0 Å². The molecule has 4 heteroatoms. The molecule has 2 aromatic rings. The van der Waals surface area contributed by atoms with Crippen LogP contribution in [0.1, 0.15) is 15.9 Å². The van der Waals surface area contributed by atoms with Crippen LogP contribution in [0.15, 0.2) is 48.5 Å². The zero-order chi connectivity index (χ0) is 13.9. The Morgan fingerprint density at radius 3 is 2.60 bits per heavy atom. The van der Waals surface area contributed by atoms with Crippen molar-refractivity contribution in [2.75, 3.05) is 13.7 Å². The molecule has 1 aliphatic rings. The van der Waals surface area contributed by atoms with Gasteiger partial charge in [-0.05, 0) is 12.1 Å². The third-order valence-electron chi connectivity index (χ3n) is 3.03. The molecule has 20 heavy (non-hydrogen) atoms. The minimum atomic E-state index is -0.260. The molecule has 1 atom stereocenters. The molecule has 3 rings (SSSR count). The van der Waals surface area contributed by atoms with Crippen molar-refractivity contribution in [2.45, 2.75) is 6.29 Å². The summed E-state index contributed by atoms with van der Waals surface area (Å²) in [6.07, 6.45) is -0.260. The van der Waals surface area contributed by atoms with Gasteiger partial charge in [-0.3, -0.25) is 4.79 Å². The maximum atomic E-state index is 12.5. The number of benzene rings is 2. The first-order valence-corrected chi connectivity index (χ1v) is 6.34. The Bertz CT molecular complexity index is 618. The lowest BCUT2D eigenvalue weighted by atomic mass is 10.0. The second-order valence-corrected chi connectivity index (χ2v) is 4.44. The number of rotatable bonds is 5.